The van der Waals surface area contributed by atoms with Crippen LogP contribution in [0.4, 0.5) is 5.69 Å². The van der Waals surface area contributed by atoms with Gasteiger partial charge < -0.3 is 10.2 Å². The van der Waals surface area contributed by atoms with E-state index in [4.69, 9.17) is 11.6 Å². The third-order valence-electron chi connectivity index (χ3n) is 4.99. The molecule has 1 saturated heterocycles. The molecule has 0 aromatic heterocycles. The van der Waals surface area contributed by atoms with Crippen molar-refractivity contribution < 1.29 is 9.59 Å². The second-order valence-corrected chi connectivity index (χ2v) is 7.75. The van der Waals surface area contributed by atoms with E-state index in [0.717, 1.165) is 11.3 Å². The molecule has 2 amide bonds. The predicted octanol–water partition coefficient (Wildman–Crippen LogP) is 3.86. The maximum absolute atomic E-state index is 12.6. The van der Waals surface area contributed by atoms with Crippen LogP contribution in [-0.4, -0.2) is 54.3 Å². The lowest BCUT2D eigenvalue weighted by Gasteiger charge is -2.34. The van der Waals surface area contributed by atoms with Gasteiger partial charge >= 0.3 is 0 Å². The number of nitrogens with one attached hydrogen (secondary N) is 1. The van der Waals surface area contributed by atoms with Gasteiger partial charge in [-0.3, -0.25) is 14.5 Å². The van der Waals surface area contributed by atoms with Crippen molar-refractivity contribution in [3.8, 4) is 0 Å². The van der Waals surface area contributed by atoms with Crippen molar-refractivity contribution in [2.75, 3.05) is 38.0 Å². The molecular weight excluding hydrogens is 374 g/mol. The summed E-state index contributed by atoms with van der Waals surface area (Å²) in [5.41, 5.74) is 2.53. The van der Waals surface area contributed by atoms with Crippen LogP contribution in [-0.2, 0) is 4.79 Å². The summed E-state index contributed by atoms with van der Waals surface area (Å²) in [6.45, 7) is 7.03. The van der Waals surface area contributed by atoms with Crippen molar-refractivity contribution in [2.45, 2.75) is 19.8 Å². The van der Waals surface area contributed by atoms with Gasteiger partial charge in [0, 0.05) is 31.9 Å². The van der Waals surface area contributed by atoms with E-state index < -0.39 is 0 Å². The number of piperazine rings is 1. The molecule has 0 aliphatic carbocycles. The van der Waals surface area contributed by atoms with Gasteiger partial charge in [0.15, 0.2) is 0 Å². The fraction of sp³-hybridized carbons (Fsp3) is 0.364. The van der Waals surface area contributed by atoms with Crippen molar-refractivity contribution in [1.82, 2.24) is 9.80 Å². The van der Waals surface area contributed by atoms with Crippen LogP contribution in [0.3, 0.4) is 0 Å². The molecule has 1 aliphatic heterocycles. The fourth-order valence-electron chi connectivity index (χ4n) is 3.42. The molecule has 1 N–H and O–H groups in total. The highest BCUT2D eigenvalue weighted by atomic mass is 35.5. The zero-order valence-corrected chi connectivity index (χ0v) is 17.1. The number of halogens is 1. The van der Waals surface area contributed by atoms with E-state index in [9.17, 15) is 9.59 Å². The molecule has 28 heavy (non-hydrogen) atoms. The maximum atomic E-state index is 12.6. The van der Waals surface area contributed by atoms with Crippen molar-refractivity contribution >= 4 is 29.1 Å². The molecule has 0 unspecified atom stereocenters. The highest BCUT2D eigenvalue weighted by Crippen LogP contribution is 2.23. The summed E-state index contributed by atoms with van der Waals surface area (Å²) >= 11 is 6.14. The molecule has 0 atom stereocenters. The standard InChI is InChI=1S/C22H26ClN3O2/c1-16(2)17-7-4-6-10-20(17)24-21(27)15-25-11-13-26(14-12-25)22(28)18-8-3-5-9-19(18)23/h3-10,16H,11-15H2,1-2H3,(H,24,27). The average molecular weight is 400 g/mol. The second kappa shape index (κ2) is 9.22. The van der Waals surface area contributed by atoms with Crippen LogP contribution in [0, 0.1) is 0 Å². The normalized spacial score (nSPS) is 14.9. The lowest BCUT2D eigenvalue weighted by molar-refractivity contribution is -0.117. The molecule has 2 aromatic carbocycles. The number of nitrogens with zero attached hydrogens (tertiary/aromatic N) is 2. The molecule has 6 heteroatoms. The third-order valence-corrected chi connectivity index (χ3v) is 5.32. The number of para-hydroxylation sites is 1. The topological polar surface area (TPSA) is 52.7 Å². The highest BCUT2D eigenvalue weighted by molar-refractivity contribution is 6.33. The number of carbonyl (C=O) groups excluding carboxylic acids is 2. The molecule has 1 fully saturated rings. The second-order valence-electron chi connectivity index (χ2n) is 7.34. The molecule has 1 aliphatic rings. The highest BCUT2D eigenvalue weighted by Gasteiger charge is 2.24. The Labute approximate surface area is 171 Å². The molecule has 0 bridgehead atoms. The Kier molecular flexibility index (Phi) is 6.70. The van der Waals surface area contributed by atoms with Crippen molar-refractivity contribution in [3.63, 3.8) is 0 Å². The molecular formula is C22H26ClN3O2. The van der Waals surface area contributed by atoms with E-state index in [2.05, 4.69) is 24.1 Å². The van der Waals surface area contributed by atoms with Gasteiger partial charge in [0.25, 0.3) is 5.91 Å². The summed E-state index contributed by atoms with van der Waals surface area (Å²) in [6, 6.07) is 15.0. The lowest BCUT2D eigenvalue weighted by atomic mass is 10.0. The van der Waals surface area contributed by atoms with Gasteiger partial charge in [-0.15, -0.1) is 0 Å². The maximum Gasteiger partial charge on any atom is 0.255 e. The summed E-state index contributed by atoms with van der Waals surface area (Å²) in [5, 5.41) is 3.50. The van der Waals surface area contributed by atoms with Gasteiger partial charge in [0.05, 0.1) is 17.1 Å². The van der Waals surface area contributed by atoms with E-state index in [1.165, 1.54) is 0 Å². The zero-order chi connectivity index (χ0) is 20.1. The molecule has 2 aromatic rings. The number of hydrogen-bond donors (Lipinski definition) is 1. The Morgan fingerprint density at radius 1 is 1.00 bits per heavy atom. The van der Waals surface area contributed by atoms with E-state index in [0.29, 0.717) is 49.2 Å². The third kappa shape index (κ3) is 4.91. The van der Waals surface area contributed by atoms with Crippen molar-refractivity contribution in [3.05, 3.63) is 64.7 Å². The van der Waals surface area contributed by atoms with E-state index >= 15 is 0 Å². The summed E-state index contributed by atoms with van der Waals surface area (Å²) in [5.74, 6) is 0.260. The first-order chi connectivity index (χ1) is 13.5. The fourth-order valence-corrected chi connectivity index (χ4v) is 3.64. The van der Waals surface area contributed by atoms with Crippen LogP contribution in [0.2, 0.25) is 5.02 Å². The SMILES string of the molecule is CC(C)c1ccccc1NC(=O)CN1CCN(C(=O)c2ccccc2Cl)CC1. The summed E-state index contributed by atoms with van der Waals surface area (Å²) < 4.78 is 0. The molecule has 0 radical (unpaired) electrons. The molecule has 1 heterocycles. The molecule has 5 nitrogen and oxygen atoms in total. The van der Waals surface area contributed by atoms with Crippen molar-refractivity contribution in [2.24, 2.45) is 0 Å². The average Bonchev–Trinajstić information content (AvgIpc) is 2.68. The first-order valence-corrected chi connectivity index (χ1v) is 9.98. The van der Waals surface area contributed by atoms with Crippen LogP contribution in [0.5, 0.6) is 0 Å². The Morgan fingerprint density at radius 3 is 2.32 bits per heavy atom. The lowest BCUT2D eigenvalue weighted by Crippen LogP contribution is -2.50. The first-order valence-electron chi connectivity index (χ1n) is 9.60. The van der Waals surface area contributed by atoms with E-state index in [1.807, 2.05) is 36.4 Å². The minimum atomic E-state index is -0.0550. The Balaban J connectivity index is 1.53. The summed E-state index contributed by atoms with van der Waals surface area (Å²) in [4.78, 5) is 29.0. The van der Waals surface area contributed by atoms with Crippen LogP contribution in [0.1, 0.15) is 35.7 Å². The van der Waals surface area contributed by atoms with Gasteiger partial charge in [-0.25, -0.2) is 0 Å². The predicted molar refractivity (Wildman–Crippen MR) is 113 cm³/mol. The van der Waals surface area contributed by atoms with Crippen LogP contribution in [0.15, 0.2) is 48.5 Å². The quantitative estimate of drug-likeness (QED) is 0.830. The minimum absolute atomic E-state index is 0.0287. The monoisotopic (exact) mass is 399 g/mol. The van der Waals surface area contributed by atoms with Gasteiger partial charge in [-0.1, -0.05) is 55.8 Å². The summed E-state index contributed by atoms with van der Waals surface area (Å²) in [7, 11) is 0. The number of rotatable bonds is 5. The zero-order valence-electron chi connectivity index (χ0n) is 16.3. The number of hydrogen-bond acceptors (Lipinski definition) is 3. The van der Waals surface area contributed by atoms with Gasteiger partial charge in [-0.2, -0.15) is 0 Å². The van der Waals surface area contributed by atoms with Gasteiger partial charge in [-0.05, 0) is 29.7 Å². The number of carbonyl (C=O) groups is 2. The Morgan fingerprint density at radius 2 is 1.64 bits per heavy atom. The smallest absolute Gasteiger partial charge is 0.255 e. The Hall–Kier alpha value is -2.37. The van der Waals surface area contributed by atoms with Gasteiger partial charge in [0.2, 0.25) is 5.91 Å². The largest absolute Gasteiger partial charge is 0.336 e. The first kappa shape index (κ1) is 20.4. The van der Waals surface area contributed by atoms with Crippen LogP contribution in [0.25, 0.3) is 0 Å². The van der Waals surface area contributed by atoms with E-state index in [1.54, 1.807) is 17.0 Å². The van der Waals surface area contributed by atoms with E-state index in [-0.39, 0.29) is 11.8 Å². The van der Waals surface area contributed by atoms with Crippen molar-refractivity contribution in [1.29, 1.82) is 0 Å². The van der Waals surface area contributed by atoms with Crippen LogP contribution < -0.4 is 5.32 Å². The molecule has 3 rings (SSSR count). The number of anilines is 1. The summed E-state index contributed by atoms with van der Waals surface area (Å²) in [6.07, 6.45) is 0. The minimum Gasteiger partial charge on any atom is -0.336 e. The Bertz CT molecular complexity index is 845. The number of amides is 2. The van der Waals surface area contributed by atoms with Crippen LogP contribution >= 0.6 is 11.6 Å². The van der Waals surface area contributed by atoms with Gasteiger partial charge in [0.1, 0.15) is 0 Å². The molecule has 148 valence electrons. The number of benzene rings is 2. The molecule has 0 spiro atoms. The molecule has 0 saturated carbocycles.